The maximum Gasteiger partial charge on any atom is 0.414 e. The summed E-state index contributed by atoms with van der Waals surface area (Å²) in [7, 11) is 1.40. The lowest BCUT2D eigenvalue weighted by Crippen LogP contribution is -2.34. The van der Waals surface area contributed by atoms with Gasteiger partial charge in [0.2, 0.25) is 11.8 Å². The van der Waals surface area contributed by atoms with Crippen LogP contribution in [-0.2, 0) is 23.8 Å². The SMILES string of the molecule is CC(=S)NC[C@@H]1CN(c2cc(F)c(N3CNC(=O)C3)c(F)c2)C(=O)O1.COC(=S)NCC1CN(c2cc(F)c(N3CNC(=O)C3)c(F)c2)C(=O)O1. The number of ether oxygens (including phenoxy) is 3. The smallest absolute Gasteiger partial charge is 0.414 e. The molecule has 4 amide bonds. The molecule has 15 nitrogen and oxygen atoms in total. The number of carbonyl (C=O) groups is 4. The van der Waals surface area contributed by atoms with Crippen LogP contribution in [0.3, 0.4) is 0 Å². The number of hydrogen-bond donors (Lipinski definition) is 4. The van der Waals surface area contributed by atoms with Crippen LogP contribution in [0.2, 0.25) is 0 Å². The van der Waals surface area contributed by atoms with Gasteiger partial charge in [-0.3, -0.25) is 19.4 Å². The Bertz CT molecular complexity index is 1710. The summed E-state index contributed by atoms with van der Waals surface area (Å²) in [6, 6.07) is 4.20. The molecular formula is C30H32F4N8O7S2. The summed E-state index contributed by atoms with van der Waals surface area (Å²) in [6.45, 7) is 2.27. The van der Waals surface area contributed by atoms with Gasteiger partial charge in [0, 0.05) is 24.3 Å². The third kappa shape index (κ3) is 8.77. The van der Waals surface area contributed by atoms with Gasteiger partial charge in [-0.2, -0.15) is 0 Å². The average Bonchev–Trinajstić information content (AvgIpc) is 3.86. The number of rotatable bonds is 8. The van der Waals surface area contributed by atoms with Gasteiger partial charge in [-0.1, -0.05) is 12.2 Å². The Morgan fingerprint density at radius 1 is 0.765 bits per heavy atom. The highest BCUT2D eigenvalue weighted by Crippen LogP contribution is 2.33. The summed E-state index contributed by atoms with van der Waals surface area (Å²) in [5, 5.41) is 10.7. The summed E-state index contributed by atoms with van der Waals surface area (Å²) in [4.78, 5) is 51.8. The van der Waals surface area contributed by atoms with Gasteiger partial charge in [-0.25, -0.2) is 27.2 Å². The Kier molecular flexibility index (Phi) is 11.5. The molecule has 0 spiro atoms. The van der Waals surface area contributed by atoms with Gasteiger partial charge in [0.25, 0.3) is 5.17 Å². The van der Waals surface area contributed by atoms with Gasteiger partial charge in [0.15, 0.2) is 23.3 Å². The number of nitrogens with one attached hydrogen (secondary N) is 4. The van der Waals surface area contributed by atoms with Gasteiger partial charge in [-0.15, -0.1) is 0 Å². The third-order valence-corrected chi connectivity index (χ3v) is 8.30. The molecule has 274 valence electrons. The van der Waals surface area contributed by atoms with Crippen LogP contribution in [0.1, 0.15) is 6.92 Å². The van der Waals surface area contributed by atoms with E-state index in [2.05, 4.69) is 21.3 Å². The van der Waals surface area contributed by atoms with Crippen LogP contribution in [0.5, 0.6) is 0 Å². The molecule has 0 aromatic heterocycles. The molecule has 4 saturated heterocycles. The molecule has 4 aliphatic heterocycles. The predicted octanol–water partition coefficient (Wildman–Crippen LogP) is 1.83. The maximum atomic E-state index is 14.4. The first-order valence-corrected chi connectivity index (χ1v) is 16.1. The van der Waals surface area contributed by atoms with Gasteiger partial charge < -0.3 is 45.3 Å². The second kappa shape index (κ2) is 15.8. The first kappa shape index (κ1) is 37.1. The lowest BCUT2D eigenvalue weighted by molar-refractivity contribution is -0.118. The van der Waals surface area contributed by atoms with E-state index in [1.807, 2.05) is 0 Å². The van der Waals surface area contributed by atoms with E-state index < -0.39 is 47.7 Å². The minimum atomic E-state index is -0.869. The van der Waals surface area contributed by atoms with E-state index in [1.165, 1.54) is 16.9 Å². The highest BCUT2D eigenvalue weighted by Gasteiger charge is 2.36. The van der Waals surface area contributed by atoms with Crippen molar-refractivity contribution in [2.24, 2.45) is 0 Å². The maximum absolute atomic E-state index is 14.4. The fraction of sp³-hybridized carbons (Fsp3) is 0.400. The van der Waals surface area contributed by atoms with Crippen LogP contribution in [0, 0.1) is 23.3 Å². The largest absolute Gasteiger partial charge is 0.474 e. The molecular weight excluding hydrogens is 725 g/mol. The second-order valence-electron chi connectivity index (χ2n) is 11.5. The normalized spacial score (nSPS) is 19.6. The predicted molar refractivity (Wildman–Crippen MR) is 183 cm³/mol. The second-order valence-corrected chi connectivity index (χ2v) is 12.5. The first-order chi connectivity index (χ1) is 24.2. The number of anilines is 4. The molecule has 4 N–H and O–H groups in total. The molecule has 4 fully saturated rings. The van der Waals surface area contributed by atoms with Crippen molar-refractivity contribution in [2.45, 2.75) is 19.1 Å². The monoisotopic (exact) mass is 756 g/mol. The molecule has 0 bridgehead atoms. The van der Waals surface area contributed by atoms with Crippen molar-refractivity contribution in [3.63, 3.8) is 0 Å². The van der Waals surface area contributed by atoms with E-state index in [4.69, 9.17) is 38.6 Å². The van der Waals surface area contributed by atoms with E-state index in [-0.39, 0.29) is 85.8 Å². The summed E-state index contributed by atoms with van der Waals surface area (Å²) in [6.07, 6.45) is -2.43. The Labute approximate surface area is 299 Å². The number of thiocarbonyl (C=S) groups is 2. The highest BCUT2D eigenvalue weighted by molar-refractivity contribution is 7.80. The van der Waals surface area contributed by atoms with Crippen molar-refractivity contribution in [3.8, 4) is 0 Å². The standard InChI is InChI=1S/C15H16F2N4O4S.C15H16F2N4O3S/c1-24-14(26)18-4-9-5-21(15(23)25-9)8-2-10(16)13(11(17)3-8)20-6-12(22)19-7-20;1-8(25)18-4-10-5-21(15(23)24-10)9-2-11(16)14(12(17)3-9)20-6-13(22)19-7-20/h2-3,9H,4-7H2,1H3,(H,18,26)(H,19,22);2-3,10H,4-7H2,1H3,(H,18,25)(H,19,22)/t;10-/m.1/s1. The highest BCUT2D eigenvalue weighted by atomic mass is 32.1. The lowest BCUT2D eigenvalue weighted by atomic mass is 10.2. The molecule has 4 heterocycles. The van der Waals surface area contributed by atoms with Crippen LogP contribution in [0.25, 0.3) is 0 Å². The molecule has 2 aromatic rings. The lowest BCUT2D eigenvalue weighted by Gasteiger charge is -2.20. The van der Waals surface area contributed by atoms with Crippen molar-refractivity contribution in [2.75, 3.05) is 79.3 Å². The van der Waals surface area contributed by atoms with Gasteiger partial charge in [0.1, 0.15) is 23.6 Å². The van der Waals surface area contributed by atoms with Crippen molar-refractivity contribution < 1.29 is 51.0 Å². The van der Waals surface area contributed by atoms with Gasteiger partial charge >= 0.3 is 12.2 Å². The number of cyclic esters (lactones) is 2. The number of amides is 4. The molecule has 4 aliphatic rings. The summed E-state index contributed by atoms with van der Waals surface area (Å²) < 4.78 is 72.7. The Hall–Kier alpha value is -5.18. The number of hydrogen-bond acceptors (Lipinski definition) is 11. The number of benzene rings is 2. The Morgan fingerprint density at radius 3 is 1.49 bits per heavy atom. The van der Waals surface area contributed by atoms with E-state index in [0.29, 0.717) is 11.5 Å². The quantitative estimate of drug-likeness (QED) is 0.229. The number of halogens is 4. The third-order valence-electron chi connectivity index (χ3n) is 7.85. The zero-order chi connectivity index (χ0) is 37.0. The van der Waals surface area contributed by atoms with Crippen molar-refractivity contribution in [1.29, 1.82) is 0 Å². The van der Waals surface area contributed by atoms with Crippen LogP contribution in [0.4, 0.5) is 49.9 Å². The van der Waals surface area contributed by atoms with Crippen LogP contribution < -0.4 is 40.9 Å². The molecule has 21 heteroatoms. The molecule has 51 heavy (non-hydrogen) atoms. The van der Waals surface area contributed by atoms with Gasteiger partial charge in [0.05, 0.1) is 76.1 Å². The van der Waals surface area contributed by atoms with Crippen molar-refractivity contribution in [3.05, 3.63) is 47.5 Å². The van der Waals surface area contributed by atoms with Crippen LogP contribution >= 0.6 is 24.4 Å². The van der Waals surface area contributed by atoms with Crippen molar-refractivity contribution >= 4 is 81.3 Å². The first-order valence-electron chi connectivity index (χ1n) is 15.3. The summed E-state index contributed by atoms with van der Waals surface area (Å²) in [5.74, 6) is -4.07. The molecule has 2 atom stereocenters. The average molecular weight is 757 g/mol. The molecule has 6 rings (SSSR count). The van der Waals surface area contributed by atoms with Crippen LogP contribution in [0.15, 0.2) is 24.3 Å². The van der Waals surface area contributed by atoms with E-state index in [0.717, 1.165) is 34.1 Å². The molecule has 0 radical (unpaired) electrons. The van der Waals surface area contributed by atoms with Gasteiger partial charge in [-0.05, 0) is 19.1 Å². The molecule has 0 aliphatic carbocycles. The summed E-state index contributed by atoms with van der Waals surface area (Å²) >= 11 is 9.72. The number of carbonyl (C=O) groups excluding carboxylic acids is 4. The van der Waals surface area contributed by atoms with E-state index in [1.54, 1.807) is 6.92 Å². The molecule has 1 unspecified atom stereocenters. The van der Waals surface area contributed by atoms with E-state index >= 15 is 0 Å². The minimum Gasteiger partial charge on any atom is -0.474 e. The zero-order valence-electron chi connectivity index (χ0n) is 27.1. The molecule has 0 saturated carbocycles. The fourth-order valence-electron chi connectivity index (χ4n) is 5.48. The number of methoxy groups -OCH3 is 1. The fourth-order valence-corrected chi connectivity index (χ4v) is 5.64. The molecule has 2 aromatic carbocycles. The minimum absolute atomic E-state index is 0.0188. The zero-order valence-corrected chi connectivity index (χ0v) is 28.7. The van der Waals surface area contributed by atoms with Crippen LogP contribution in [-0.4, -0.2) is 106 Å². The number of nitrogens with zero attached hydrogens (tertiary/aromatic N) is 4. The summed E-state index contributed by atoms with van der Waals surface area (Å²) in [5.41, 5.74) is -0.527. The Balaban J connectivity index is 0.000000198. The topological polar surface area (TPSA) is 157 Å². The Morgan fingerprint density at radius 2 is 1.16 bits per heavy atom. The van der Waals surface area contributed by atoms with Crippen molar-refractivity contribution in [1.82, 2.24) is 21.3 Å². The van der Waals surface area contributed by atoms with E-state index in [9.17, 15) is 36.7 Å².